The molecular formula is C24H25NO6. The maximum absolute atomic E-state index is 12.4. The van der Waals surface area contributed by atoms with Crippen LogP contribution in [0.1, 0.15) is 27.2 Å². The van der Waals surface area contributed by atoms with Gasteiger partial charge in [-0.05, 0) is 42.5 Å². The van der Waals surface area contributed by atoms with E-state index in [0.717, 1.165) is 16.5 Å². The molecule has 2 N–H and O–H groups in total. The van der Waals surface area contributed by atoms with Crippen molar-refractivity contribution in [2.75, 3.05) is 0 Å². The van der Waals surface area contributed by atoms with Crippen LogP contribution in [0.5, 0.6) is 5.75 Å². The number of benzene rings is 2. The number of carbonyl (C=O) groups is 2. The average molecular weight is 423 g/mol. The fourth-order valence-corrected chi connectivity index (χ4v) is 3.31. The molecule has 1 amide bonds. The molecule has 2 atom stereocenters. The molecule has 0 radical (unpaired) electrons. The number of amides is 1. The Balaban J connectivity index is 1.81. The van der Waals surface area contributed by atoms with Gasteiger partial charge in [-0.15, -0.1) is 0 Å². The van der Waals surface area contributed by atoms with Crippen molar-refractivity contribution in [1.29, 1.82) is 0 Å². The summed E-state index contributed by atoms with van der Waals surface area (Å²) in [6.45, 7) is 5.30. The maximum Gasteiger partial charge on any atom is 0.336 e. The van der Waals surface area contributed by atoms with Gasteiger partial charge in [0.25, 0.3) is 5.91 Å². The van der Waals surface area contributed by atoms with Gasteiger partial charge in [-0.2, -0.15) is 0 Å². The summed E-state index contributed by atoms with van der Waals surface area (Å²) in [5.41, 5.74) is 1.46. The van der Waals surface area contributed by atoms with E-state index in [4.69, 9.17) is 9.15 Å². The lowest BCUT2D eigenvalue weighted by atomic mass is 10.0. The summed E-state index contributed by atoms with van der Waals surface area (Å²) in [7, 11) is 0. The minimum Gasteiger partial charge on any atom is -0.481 e. The fourth-order valence-electron chi connectivity index (χ4n) is 3.31. The van der Waals surface area contributed by atoms with Crippen molar-refractivity contribution < 1.29 is 23.8 Å². The first kappa shape index (κ1) is 22.1. The van der Waals surface area contributed by atoms with Crippen molar-refractivity contribution >= 4 is 22.8 Å². The lowest BCUT2D eigenvalue weighted by molar-refractivity contribution is -0.143. The van der Waals surface area contributed by atoms with Crippen LogP contribution in [0.4, 0.5) is 0 Å². The lowest BCUT2D eigenvalue weighted by Crippen LogP contribution is -2.46. The van der Waals surface area contributed by atoms with Crippen molar-refractivity contribution in [2.45, 2.75) is 39.3 Å². The van der Waals surface area contributed by atoms with Gasteiger partial charge < -0.3 is 19.6 Å². The molecule has 1 aromatic heterocycles. The minimum atomic E-state index is -1.09. The van der Waals surface area contributed by atoms with Gasteiger partial charge in [0.2, 0.25) is 0 Å². The van der Waals surface area contributed by atoms with Gasteiger partial charge in [0.05, 0.1) is 0 Å². The van der Waals surface area contributed by atoms with Gasteiger partial charge in [0.15, 0.2) is 6.10 Å². The highest BCUT2D eigenvalue weighted by atomic mass is 16.5. The molecule has 2 unspecified atom stereocenters. The van der Waals surface area contributed by atoms with E-state index in [2.05, 4.69) is 5.32 Å². The zero-order valence-corrected chi connectivity index (χ0v) is 17.6. The first-order valence-electron chi connectivity index (χ1n) is 10.1. The summed E-state index contributed by atoms with van der Waals surface area (Å²) in [4.78, 5) is 35.9. The van der Waals surface area contributed by atoms with Gasteiger partial charge >= 0.3 is 11.6 Å². The summed E-state index contributed by atoms with van der Waals surface area (Å²) in [6.07, 6.45) is -0.618. The van der Waals surface area contributed by atoms with Crippen LogP contribution in [0.2, 0.25) is 0 Å². The second kappa shape index (κ2) is 9.47. The molecule has 0 aliphatic carbocycles. The Morgan fingerprint density at radius 2 is 1.77 bits per heavy atom. The number of ether oxygens (including phenoxy) is 1. The molecular weight excluding hydrogens is 398 g/mol. The molecule has 0 saturated heterocycles. The van der Waals surface area contributed by atoms with Crippen molar-refractivity contribution in [3.63, 3.8) is 0 Å². The Morgan fingerprint density at radius 3 is 2.42 bits per heavy atom. The number of hydrogen-bond acceptors (Lipinski definition) is 5. The quantitative estimate of drug-likeness (QED) is 0.533. The van der Waals surface area contributed by atoms with Crippen LogP contribution in [-0.2, 0) is 9.59 Å². The molecule has 3 aromatic rings. The zero-order chi connectivity index (χ0) is 22.5. The van der Waals surface area contributed by atoms with Crippen molar-refractivity contribution in [1.82, 2.24) is 5.32 Å². The largest absolute Gasteiger partial charge is 0.481 e. The van der Waals surface area contributed by atoms with E-state index >= 15 is 0 Å². The molecule has 2 aromatic carbocycles. The monoisotopic (exact) mass is 423 g/mol. The summed E-state index contributed by atoms with van der Waals surface area (Å²) in [5, 5.41) is 12.6. The SMILES string of the molecule is CC(C)CC(NC(=O)C(C)Oc1ccc2c(-c3ccccc3)cc(=O)oc2c1)C(=O)O. The number of carboxylic acid groups (broad SMARTS) is 1. The topological polar surface area (TPSA) is 106 Å². The van der Waals surface area contributed by atoms with E-state index in [1.807, 2.05) is 44.2 Å². The summed E-state index contributed by atoms with van der Waals surface area (Å²) >= 11 is 0. The first-order chi connectivity index (χ1) is 14.7. The summed E-state index contributed by atoms with van der Waals surface area (Å²) in [6, 6.07) is 14.9. The summed E-state index contributed by atoms with van der Waals surface area (Å²) in [5.74, 6) is -1.18. The van der Waals surface area contributed by atoms with Gasteiger partial charge in [0.1, 0.15) is 17.4 Å². The van der Waals surface area contributed by atoms with Crippen LogP contribution in [0.15, 0.2) is 63.8 Å². The molecule has 0 aliphatic heterocycles. The number of nitrogens with one attached hydrogen (secondary N) is 1. The predicted molar refractivity (Wildman–Crippen MR) is 117 cm³/mol. The molecule has 0 spiro atoms. The first-order valence-corrected chi connectivity index (χ1v) is 10.1. The Hall–Kier alpha value is -3.61. The van der Waals surface area contributed by atoms with Gasteiger partial charge in [-0.25, -0.2) is 9.59 Å². The molecule has 1 heterocycles. The molecule has 0 saturated carbocycles. The molecule has 7 heteroatoms. The van der Waals surface area contributed by atoms with E-state index in [1.165, 1.54) is 13.0 Å². The molecule has 31 heavy (non-hydrogen) atoms. The van der Waals surface area contributed by atoms with Crippen molar-refractivity contribution in [3.05, 3.63) is 65.0 Å². The average Bonchev–Trinajstić information content (AvgIpc) is 2.72. The van der Waals surface area contributed by atoms with Crippen molar-refractivity contribution in [3.8, 4) is 16.9 Å². The Bertz CT molecular complexity index is 1140. The minimum absolute atomic E-state index is 0.111. The molecule has 0 aliphatic rings. The predicted octanol–water partition coefficient (Wildman–Crippen LogP) is 3.84. The van der Waals surface area contributed by atoms with Crippen LogP contribution < -0.4 is 15.7 Å². The molecule has 3 rings (SSSR count). The van der Waals surface area contributed by atoms with E-state index in [1.54, 1.807) is 18.2 Å². The molecule has 0 bridgehead atoms. The zero-order valence-electron chi connectivity index (χ0n) is 17.6. The number of carboxylic acids is 1. The van der Waals surface area contributed by atoms with Gasteiger partial charge in [-0.1, -0.05) is 44.2 Å². The maximum atomic E-state index is 12.4. The summed E-state index contributed by atoms with van der Waals surface area (Å²) < 4.78 is 11.0. The lowest BCUT2D eigenvalue weighted by Gasteiger charge is -2.20. The molecule has 162 valence electrons. The molecule has 0 fully saturated rings. The number of rotatable bonds is 8. The smallest absolute Gasteiger partial charge is 0.336 e. The molecule has 7 nitrogen and oxygen atoms in total. The van der Waals surface area contributed by atoms with E-state index < -0.39 is 29.6 Å². The third-order valence-corrected chi connectivity index (χ3v) is 4.80. The Labute approximate surface area is 179 Å². The third kappa shape index (κ3) is 5.51. The van der Waals surface area contributed by atoms with Crippen LogP contribution in [0.25, 0.3) is 22.1 Å². The van der Waals surface area contributed by atoms with Gasteiger partial charge in [0, 0.05) is 17.5 Å². The van der Waals surface area contributed by atoms with Crippen LogP contribution in [0, 0.1) is 5.92 Å². The van der Waals surface area contributed by atoms with Crippen LogP contribution in [-0.4, -0.2) is 29.1 Å². The standard InChI is InChI=1S/C24H25NO6/c1-14(2)11-20(24(28)29)25-23(27)15(3)30-17-9-10-18-19(16-7-5-4-6-8-16)13-22(26)31-21(18)12-17/h4-10,12-15,20H,11H2,1-3H3,(H,25,27)(H,28,29). The van der Waals surface area contributed by atoms with Crippen LogP contribution >= 0.6 is 0 Å². The van der Waals surface area contributed by atoms with E-state index in [-0.39, 0.29) is 5.92 Å². The van der Waals surface area contributed by atoms with E-state index in [9.17, 15) is 19.5 Å². The highest BCUT2D eigenvalue weighted by Gasteiger charge is 2.24. The number of carbonyl (C=O) groups excluding carboxylic acids is 1. The third-order valence-electron chi connectivity index (χ3n) is 4.80. The normalized spacial score (nSPS) is 13.0. The Kier molecular flexibility index (Phi) is 6.74. The highest BCUT2D eigenvalue weighted by Crippen LogP contribution is 2.29. The second-order valence-electron chi connectivity index (χ2n) is 7.79. The van der Waals surface area contributed by atoms with Crippen molar-refractivity contribution in [2.24, 2.45) is 5.92 Å². The number of hydrogen-bond donors (Lipinski definition) is 2. The number of fused-ring (bicyclic) bond motifs is 1. The second-order valence-corrected chi connectivity index (χ2v) is 7.79. The van der Waals surface area contributed by atoms with Gasteiger partial charge in [-0.3, -0.25) is 4.79 Å². The Morgan fingerprint density at radius 1 is 1.06 bits per heavy atom. The fraction of sp³-hybridized carbons (Fsp3) is 0.292. The van der Waals surface area contributed by atoms with Crippen LogP contribution in [0.3, 0.4) is 0 Å². The number of aliphatic carboxylic acids is 1. The highest BCUT2D eigenvalue weighted by molar-refractivity contribution is 5.94. The van der Waals surface area contributed by atoms with E-state index in [0.29, 0.717) is 17.8 Å².